The third kappa shape index (κ3) is 6.12. The Morgan fingerprint density at radius 3 is 1.85 bits per heavy atom. The summed E-state index contributed by atoms with van der Waals surface area (Å²) in [5.41, 5.74) is -0.235. The molecule has 2 aromatic carbocycles. The summed E-state index contributed by atoms with van der Waals surface area (Å²) in [6.07, 6.45) is -5.59. The summed E-state index contributed by atoms with van der Waals surface area (Å²) in [4.78, 5) is 23.9. The fraction of sp³-hybridized carbons (Fsp3) is 0.333. The SMILES string of the molecule is O=C(NC(=O)c1ccccc1Cl)Nc1ccc(OCC(F)(F)C(F)(F)C(F)(F)C(F)(F)C(F)(F)C(F)F)cc1. The summed E-state index contributed by atoms with van der Waals surface area (Å²) in [5.74, 6) is -37.6. The Kier molecular flexibility index (Phi) is 8.99. The van der Waals surface area contributed by atoms with Gasteiger partial charge in [-0.1, -0.05) is 23.7 Å². The number of hydrogen-bond acceptors (Lipinski definition) is 3. The Labute approximate surface area is 215 Å². The molecule has 2 rings (SSSR count). The summed E-state index contributed by atoms with van der Waals surface area (Å²) in [7, 11) is 0. The van der Waals surface area contributed by atoms with Gasteiger partial charge in [0, 0.05) is 5.69 Å². The molecule has 0 heterocycles. The molecule has 0 aliphatic rings. The molecule has 39 heavy (non-hydrogen) atoms. The van der Waals surface area contributed by atoms with Gasteiger partial charge in [-0.25, -0.2) is 13.6 Å². The molecule has 2 aromatic rings. The molecule has 18 heteroatoms. The zero-order valence-electron chi connectivity index (χ0n) is 18.5. The maximum Gasteiger partial charge on any atom is 0.384 e. The van der Waals surface area contributed by atoms with E-state index in [1.165, 1.54) is 24.3 Å². The Hall–Kier alpha value is -3.37. The van der Waals surface area contributed by atoms with Crippen LogP contribution < -0.4 is 15.4 Å². The van der Waals surface area contributed by atoms with E-state index in [1.54, 1.807) is 0 Å². The summed E-state index contributed by atoms with van der Waals surface area (Å²) in [6, 6.07) is 7.61. The van der Waals surface area contributed by atoms with Gasteiger partial charge in [0.15, 0.2) is 6.61 Å². The van der Waals surface area contributed by atoms with Crippen LogP contribution in [0.3, 0.4) is 0 Å². The van der Waals surface area contributed by atoms with E-state index < -0.39 is 60.3 Å². The highest BCUT2D eigenvalue weighted by Gasteiger charge is 2.87. The maximum atomic E-state index is 13.8. The third-order valence-corrected chi connectivity index (χ3v) is 5.15. The van der Waals surface area contributed by atoms with Crippen molar-refractivity contribution in [2.75, 3.05) is 11.9 Å². The lowest BCUT2D eigenvalue weighted by atomic mass is 9.94. The Bertz CT molecular complexity index is 1190. The van der Waals surface area contributed by atoms with E-state index in [-0.39, 0.29) is 16.3 Å². The lowest BCUT2D eigenvalue weighted by Crippen LogP contribution is -2.69. The molecule has 0 fully saturated rings. The normalized spacial score (nSPS) is 13.3. The quantitative estimate of drug-likeness (QED) is 0.284. The highest BCUT2D eigenvalue weighted by Crippen LogP contribution is 2.58. The van der Waals surface area contributed by atoms with Gasteiger partial charge < -0.3 is 10.1 Å². The number of hydrogen-bond donors (Lipinski definition) is 2. The van der Waals surface area contributed by atoms with Gasteiger partial charge in [-0.05, 0) is 36.4 Å². The molecule has 0 atom stereocenters. The first-order valence-corrected chi connectivity index (χ1v) is 10.3. The van der Waals surface area contributed by atoms with Crippen LogP contribution in [-0.2, 0) is 0 Å². The second-order valence-corrected chi connectivity index (χ2v) is 7.96. The maximum absolute atomic E-state index is 13.8. The van der Waals surface area contributed by atoms with Crippen LogP contribution in [0.5, 0.6) is 5.75 Å². The minimum Gasteiger partial charge on any atom is -0.487 e. The first-order chi connectivity index (χ1) is 17.7. The number of carbonyl (C=O) groups is 2. The van der Waals surface area contributed by atoms with Crippen LogP contribution in [0.25, 0.3) is 0 Å². The van der Waals surface area contributed by atoms with Crippen molar-refractivity contribution in [3.8, 4) is 5.75 Å². The van der Waals surface area contributed by atoms with Crippen molar-refractivity contribution >= 4 is 29.2 Å². The number of urea groups is 1. The molecule has 0 aromatic heterocycles. The van der Waals surface area contributed by atoms with E-state index in [4.69, 9.17) is 11.6 Å². The molecule has 0 bridgehead atoms. The fourth-order valence-corrected chi connectivity index (χ4v) is 2.87. The molecule has 3 amide bonds. The molecule has 0 spiro atoms. The van der Waals surface area contributed by atoms with Crippen molar-refractivity contribution in [2.45, 2.75) is 36.0 Å². The van der Waals surface area contributed by atoms with Crippen molar-refractivity contribution in [1.82, 2.24) is 5.32 Å². The Balaban J connectivity index is 2.07. The van der Waals surface area contributed by atoms with Crippen LogP contribution in [-0.4, -0.2) is 54.6 Å². The molecule has 0 saturated heterocycles. The molecular weight excluding hydrogens is 592 g/mol. The number of imide groups is 1. The number of carbonyl (C=O) groups excluding carboxylic acids is 2. The summed E-state index contributed by atoms with van der Waals surface area (Å²) < 4.78 is 163. The van der Waals surface area contributed by atoms with Gasteiger partial charge in [-0.3, -0.25) is 10.1 Å². The topological polar surface area (TPSA) is 67.4 Å². The van der Waals surface area contributed by atoms with Crippen molar-refractivity contribution in [1.29, 1.82) is 0 Å². The van der Waals surface area contributed by atoms with Gasteiger partial charge in [0.25, 0.3) is 5.91 Å². The lowest BCUT2D eigenvalue weighted by molar-refractivity contribution is -0.414. The zero-order chi connectivity index (χ0) is 30.0. The first kappa shape index (κ1) is 31.8. The van der Waals surface area contributed by atoms with E-state index in [0.29, 0.717) is 12.1 Å². The summed E-state index contributed by atoms with van der Waals surface area (Å²) in [6.45, 7) is -2.79. The summed E-state index contributed by atoms with van der Waals surface area (Å²) in [5, 5.41) is 3.99. The monoisotopic (exact) mass is 604 g/mol. The van der Waals surface area contributed by atoms with Crippen LogP contribution in [0.1, 0.15) is 10.4 Å². The van der Waals surface area contributed by atoms with E-state index in [1.807, 2.05) is 5.32 Å². The molecule has 5 nitrogen and oxygen atoms in total. The van der Waals surface area contributed by atoms with Crippen molar-refractivity contribution < 1.29 is 67.0 Å². The van der Waals surface area contributed by atoms with Gasteiger partial charge in [0.1, 0.15) is 5.75 Å². The first-order valence-electron chi connectivity index (χ1n) is 9.96. The lowest BCUT2D eigenvalue weighted by Gasteiger charge is -2.39. The van der Waals surface area contributed by atoms with Crippen molar-refractivity contribution in [3.63, 3.8) is 0 Å². The van der Waals surface area contributed by atoms with Crippen molar-refractivity contribution in [2.24, 2.45) is 0 Å². The number of halogens is 13. The van der Waals surface area contributed by atoms with Crippen LogP contribution in [0.4, 0.5) is 63.2 Å². The number of benzene rings is 2. The smallest absolute Gasteiger partial charge is 0.384 e. The average molecular weight is 605 g/mol. The minimum absolute atomic E-state index is 0.0101. The number of anilines is 1. The highest BCUT2D eigenvalue weighted by molar-refractivity contribution is 6.34. The Morgan fingerprint density at radius 1 is 0.795 bits per heavy atom. The molecule has 0 aliphatic heterocycles. The van der Waals surface area contributed by atoms with Crippen molar-refractivity contribution in [3.05, 3.63) is 59.1 Å². The Morgan fingerprint density at radius 2 is 1.33 bits per heavy atom. The fourth-order valence-electron chi connectivity index (χ4n) is 2.65. The molecule has 0 aliphatic carbocycles. The van der Waals surface area contributed by atoms with E-state index in [9.17, 15) is 62.3 Å². The molecular formula is C21H13ClF12N2O3. The number of rotatable bonds is 10. The standard InChI is InChI=1S/C21H13ClF12N2O3/c22-13-4-2-1-3-12(13)14(37)36-16(38)35-10-5-7-11(8-6-10)39-9-17(25,26)19(29,30)21(33,34)20(31,32)18(27,28)15(23)24/h1-8,15H,9H2,(H2,35,36,37,38). The second-order valence-electron chi connectivity index (χ2n) is 7.55. The molecule has 0 unspecified atom stereocenters. The van der Waals surface area contributed by atoms with Gasteiger partial charge in [-0.2, -0.15) is 43.9 Å². The number of ether oxygens (including phenoxy) is 1. The van der Waals surface area contributed by atoms with Gasteiger partial charge >= 0.3 is 42.1 Å². The molecule has 2 N–H and O–H groups in total. The zero-order valence-corrected chi connectivity index (χ0v) is 19.3. The second kappa shape index (κ2) is 11.0. The number of amides is 3. The molecule has 0 saturated carbocycles. The van der Waals surface area contributed by atoms with Crippen LogP contribution in [0, 0.1) is 0 Å². The van der Waals surface area contributed by atoms with Crippen LogP contribution >= 0.6 is 11.6 Å². The van der Waals surface area contributed by atoms with Gasteiger partial charge in [0.2, 0.25) is 0 Å². The third-order valence-electron chi connectivity index (χ3n) is 4.82. The predicted octanol–water partition coefficient (Wildman–Crippen LogP) is 7.12. The van der Waals surface area contributed by atoms with Gasteiger partial charge in [-0.15, -0.1) is 0 Å². The van der Waals surface area contributed by atoms with E-state index >= 15 is 0 Å². The molecule has 0 radical (unpaired) electrons. The van der Waals surface area contributed by atoms with Crippen LogP contribution in [0.2, 0.25) is 5.02 Å². The molecule has 216 valence electrons. The predicted molar refractivity (Wildman–Crippen MR) is 111 cm³/mol. The highest BCUT2D eigenvalue weighted by atomic mass is 35.5. The van der Waals surface area contributed by atoms with Gasteiger partial charge in [0.05, 0.1) is 10.6 Å². The number of nitrogens with one attached hydrogen (secondary N) is 2. The van der Waals surface area contributed by atoms with Crippen LogP contribution in [0.15, 0.2) is 48.5 Å². The average Bonchev–Trinajstić information content (AvgIpc) is 2.83. The largest absolute Gasteiger partial charge is 0.487 e. The van der Waals surface area contributed by atoms with E-state index in [2.05, 4.69) is 10.1 Å². The van der Waals surface area contributed by atoms with E-state index in [0.717, 1.165) is 12.1 Å². The summed E-state index contributed by atoms with van der Waals surface area (Å²) >= 11 is 5.80. The number of alkyl halides is 12. The minimum atomic E-state index is -7.66.